The standard InChI is InChI=1S/C12H15FO/c1-2-9-6-10(13)8-12(7-9)14-11-4-3-5-11/h6-8,11H,2-5H2,1H3. The van der Waals surface area contributed by atoms with Crippen LogP contribution in [-0.2, 0) is 6.42 Å². The van der Waals surface area contributed by atoms with Crippen LogP contribution in [-0.4, -0.2) is 6.10 Å². The SMILES string of the molecule is CCc1cc(F)cc(OC2CCC2)c1. The molecular formula is C12H15FO. The molecule has 14 heavy (non-hydrogen) atoms. The number of hydrogen-bond donors (Lipinski definition) is 0. The fraction of sp³-hybridized carbons (Fsp3) is 0.500. The number of ether oxygens (including phenoxy) is 1. The van der Waals surface area contributed by atoms with E-state index in [9.17, 15) is 4.39 Å². The van der Waals surface area contributed by atoms with Gasteiger partial charge >= 0.3 is 0 Å². The van der Waals surface area contributed by atoms with Crippen molar-refractivity contribution < 1.29 is 9.13 Å². The summed E-state index contributed by atoms with van der Waals surface area (Å²) in [5.41, 5.74) is 0.999. The second-order valence-electron chi connectivity index (χ2n) is 3.82. The lowest BCUT2D eigenvalue weighted by Gasteiger charge is -2.26. The molecule has 1 nitrogen and oxygen atoms in total. The van der Waals surface area contributed by atoms with Crippen LogP contribution in [0.25, 0.3) is 0 Å². The molecule has 1 aliphatic rings. The second-order valence-corrected chi connectivity index (χ2v) is 3.82. The lowest BCUT2D eigenvalue weighted by molar-refractivity contribution is 0.120. The van der Waals surface area contributed by atoms with Gasteiger partial charge in [-0.15, -0.1) is 0 Å². The van der Waals surface area contributed by atoms with E-state index in [2.05, 4.69) is 0 Å². The highest BCUT2D eigenvalue weighted by atomic mass is 19.1. The first-order valence-corrected chi connectivity index (χ1v) is 5.24. The molecule has 76 valence electrons. The Balaban J connectivity index is 2.11. The Morgan fingerprint density at radius 2 is 2.14 bits per heavy atom. The van der Waals surface area contributed by atoms with Crippen molar-refractivity contribution in [3.05, 3.63) is 29.6 Å². The third-order valence-corrected chi connectivity index (χ3v) is 2.69. The van der Waals surface area contributed by atoms with Crippen molar-refractivity contribution in [1.29, 1.82) is 0 Å². The fourth-order valence-electron chi connectivity index (χ4n) is 1.57. The zero-order valence-corrected chi connectivity index (χ0v) is 8.42. The Hall–Kier alpha value is -1.05. The first kappa shape index (κ1) is 9.50. The van der Waals surface area contributed by atoms with Gasteiger partial charge in [-0.1, -0.05) is 6.92 Å². The van der Waals surface area contributed by atoms with Crippen molar-refractivity contribution in [2.24, 2.45) is 0 Å². The highest BCUT2D eigenvalue weighted by molar-refractivity contribution is 5.29. The van der Waals surface area contributed by atoms with Crippen molar-refractivity contribution in [1.82, 2.24) is 0 Å². The van der Waals surface area contributed by atoms with Gasteiger partial charge < -0.3 is 4.74 Å². The molecule has 1 aliphatic carbocycles. The second kappa shape index (κ2) is 3.99. The summed E-state index contributed by atoms with van der Waals surface area (Å²) in [5.74, 6) is 0.491. The molecule has 0 radical (unpaired) electrons. The number of aryl methyl sites for hydroxylation is 1. The van der Waals surface area contributed by atoms with Crippen molar-refractivity contribution in [3.63, 3.8) is 0 Å². The predicted octanol–water partition coefficient (Wildman–Crippen LogP) is 3.32. The van der Waals surface area contributed by atoms with Gasteiger partial charge in [-0.2, -0.15) is 0 Å². The Morgan fingerprint density at radius 1 is 1.36 bits per heavy atom. The van der Waals surface area contributed by atoms with E-state index in [1.165, 1.54) is 12.5 Å². The minimum Gasteiger partial charge on any atom is -0.490 e. The molecule has 0 amide bonds. The maximum atomic E-state index is 13.1. The van der Waals surface area contributed by atoms with E-state index in [0.29, 0.717) is 11.9 Å². The predicted molar refractivity (Wildman–Crippen MR) is 54.0 cm³/mol. The molecule has 1 saturated carbocycles. The molecule has 0 atom stereocenters. The summed E-state index contributed by atoms with van der Waals surface area (Å²) < 4.78 is 18.7. The maximum Gasteiger partial charge on any atom is 0.127 e. The monoisotopic (exact) mass is 194 g/mol. The molecule has 2 rings (SSSR count). The largest absolute Gasteiger partial charge is 0.490 e. The van der Waals surface area contributed by atoms with Gasteiger partial charge in [0.2, 0.25) is 0 Å². The zero-order chi connectivity index (χ0) is 9.97. The topological polar surface area (TPSA) is 9.23 Å². The van der Waals surface area contributed by atoms with Crippen LogP contribution in [0.15, 0.2) is 18.2 Å². The summed E-state index contributed by atoms with van der Waals surface area (Å²) >= 11 is 0. The Labute approximate surface area is 83.9 Å². The number of benzene rings is 1. The third-order valence-electron chi connectivity index (χ3n) is 2.69. The minimum atomic E-state index is -0.196. The highest BCUT2D eigenvalue weighted by Gasteiger charge is 2.19. The summed E-state index contributed by atoms with van der Waals surface area (Å²) in [6.07, 6.45) is 4.62. The summed E-state index contributed by atoms with van der Waals surface area (Å²) in [6.45, 7) is 2.02. The van der Waals surface area contributed by atoms with Crippen LogP contribution >= 0.6 is 0 Å². The number of hydrogen-bond acceptors (Lipinski definition) is 1. The van der Waals surface area contributed by atoms with Crippen LogP contribution in [0.2, 0.25) is 0 Å². The van der Waals surface area contributed by atoms with Crippen LogP contribution in [0.4, 0.5) is 4.39 Å². The average Bonchev–Trinajstić information content (AvgIpc) is 2.10. The van der Waals surface area contributed by atoms with Crippen LogP contribution in [0.1, 0.15) is 31.7 Å². The van der Waals surface area contributed by atoms with Crippen molar-refractivity contribution in [2.45, 2.75) is 38.7 Å². The van der Waals surface area contributed by atoms with E-state index < -0.39 is 0 Å². The normalized spacial score (nSPS) is 16.4. The Morgan fingerprint density at radius 3 is 2.71 bits per heavy atom. The zero-order valence-electron chi connectivity index (χ0n) is 8.42. The molecule has 0 N–H and O–H groups in total. The lowest BCUT2D eigenvalue weighted by atomic mass is 9.96. The average molecular weight is 194 g/mol. The van der Waals surface area contributed by atoms with E-state index in [0.717, 1.165) is 24.8 Å². The first-order chi connectivity index (χ1) is 6.78. The molecule has 1 aromatic rings. The summed E-state index contributed by atoms with van der Waals surface area (Å²) in [7, 11) is 0. The minimum absolute atomic E-state index is 0.196. The van der Waals surface area contributed by atoms with E-state index in [1.807, 2.05) is 13.0 Å². The maximum absolute atomic E-state index is 13.1. The van der Waals surface area contributed by atoms with Gasteiger partial charge in [0.1, 0.15) is 11.6 Å². The molecule has 1 aromatic carbocycles. The quantitative estimate of drug-likeness (QED) is 0.717. The number of halogens is 1. The van der Waals surface area contributed by atoms with E-state index in [-0.39, 0.29) is 5.82 Å². The van der Waals surface area contributed by atoms with Gasteiger partial charge in [-0.25, -0.2) is 4.39 Å². The molecule has 0 bridgehead atoms. The smallest absolute Gasteiger partial charge is 0.127 e. The molecule has 0 saturated heterocycles. The van der Waals surface area contributed by atoms with Crippen molar-refractivity contribution >= 4 is 0 Å². The molecule has 0 aromatic heterocycles. The fourth-order valence-corrected chi connectivity index (χ4v) is 1.57. The molecule has 2 heteroatoms. The summed E-state index contributed by atoms with van der Waals surface area (Å²) in [5, 5.41) is 0. The van der Waals surface area contributed by atoms with Gasteiger partial charge in [-0.3, -0.25) is 0 Å². The molecule has 0 unspecified atom stereocenters. The van der Waals surface area contributed by atoms with Crippen molar-refractivity contribution in [2.75, 3.05) is 0 Å². The van der Waals surface area contributed by atoms with Gasteiger partial charge in [0.15, 0.2) is 0 Å². The van der Waals surface area contributed by atoms with E-state index in [4.69, 9.17) is 4.74 Å². The van der Waals surface area contributed by atoms with Crippen LogP contribution in [0.3, 0.4) is 0 Å². The van der Waals surface area contributed by atoms with Gasteiger partial charge in [0, 0.05) is 6.07 Å². The molecule has 0 aliphatic heterocycles. The molecule has 1 fully saturated rings. The molecule has 0 heterocycles. The van der Waals surface area contributed by atoms with E-state index in [1.54, 1.807) is 6.07 Å². The van der Waals surface area contributed by atoms with Crippen molar-refractivity contribution in [3.8, 4) is 5.75 Å². The first-order valence-electron chi connectivity index (χ1n) is 5.24. The Kier molecular flexibility index (Phi) is 2.71. The van der Waals surface area contributed by atoms with Gasteiger partial charge in [-0.05, 0) is 43.4 Å². The van der Waals surface area contributed by atoms with Gasteiger partial charge in [0.25, 0.3) is 0 Å². The molecular weight excluding hydrogens is 179 g/mol. The third kappa shape index (κ3) is 2.06. The molecule has 0 spiro atoms. The summed E-state index contributed by atoms with van der Waals surface area (Å²) in [6, 6.07) is 4.96. The summed E-state index contributed by atoms with van der Waals surface area (Å²) in [4.78, 5) is 0. The van der Waals surface area contributed by atoms with E-state index >= 15 is 0 Å². The Bertz CT molecular complexity index is 318. The number of rotatable bonds is 3. The van der Waals surface area contributed by atoms with Crippen LogP contribution in [0.5, 0.6) is 5.75 Å². The van der Waals surface area contributed by atoms with Crippen LogP contribution < -0.4 is 4.74 Å². The van der Waals surface area contributed by atoms with Gasteiger partial charge in [0.05, 0.1) is 6.10 Å². The highest BCUT2D eigenvalue weighted by Crippen LogP contribution is 2.26. The lowest BCUT2D eigenvalue weighted by Crippen LogP contribution is -2.24. The van der Waals surface area contributed by atoms with Crippen LogP contribution in [0, 0.1) is 5.82 Å².